The van der Waals surface area contributed by atoms with Gasteiger partial charge in [-0.3, -0.25) is 0 Å². The standard InChI is InChI=1S/C14H13F5O2/c1-8-6-20-13(21-7-8)9-4-11(15)10(12(16)5-9)2-3-14(17,18)19/h2-5,8,13H,6-7H2,1H3/b3-2+. The van der Waals surface area contributed by atoms with Crippen LogP contribution in [0.4, 0.5) is 22.0 Å². The third-order valence-corrected chi connectivity index (χ3v) is 2.88. The summed E-state index contributed by atoms with van der Waals surface area (Å²) in [5, 5.41) is 0. The van der Waals surface area contributed by atoms with Gasteiger partial charge in [0.05, 0.1) is 13.2 Å². The molecule has 7 heteroatoms. The molecule has 1 heterocycles. The highest BCUT2D eigenvalue weighted by Crippen LogP contribution is 2.28. The second-order valence-corrected chi connectivity index (χ2v) is 4.88. The summed E-state index contributed by atoms with van der Waals surface area (Å²) in [6.45, 7) is 2.65. The van der Waals surface area contributed by atoms with E-state index in [9.17, 15) is 22.0 Å². The molecule has 2 rings (SSSR count). The Morgan fingerprint density at radius 3 is 2.10 bits per heavy atom. The Bertz CT molecular complexity index is 508. The number of halogens is 5. The SMILES string of the molecule is CC1COC(c2cc(F)c(/C=C/C(F)(F)F)c(F)c2)OC1. The van der Waals surface area contributed by atoms with Crippen LogP contribution in [0.3, 0.4) is 0 Å². The Morgan fingerprint density at radius 1 is 1.10 bits per heavy atom. The van der Waals surface area contributed by atoms with Crippen LogP contribution < -0.4 is 0 Å². The first-order valence-corrected chi connectivity index (χ1v) is 6.24. The Hall–Kier alpha value is -1.47. The Balaban J connectivity index is 2.23. The van der Waals surface area contributed by atoms with Crippen LogP contribution in [0, 0.1) is 17.6 Å². The van der Waals surface area contributed by atoms with E-state index in [-0.39, 0.29) is 17.6 Å². The van der Waals surface area contributed by atoms with Crippen molar-refractivity contribution in [3.8, 4) is 0 Å². The molecular weight excluding hydrogens is 295 g/mol. The van der Waals surface area contributed by atoms with Gasteiger partial charge in [-0.2, -0.15) is 13.2 Å². The van der Waals surface area contributed by atoms with Gasteiger partial charge in [0.1, 0.15) is 11.6 Å². The van der Waals surface area contributed by atoms with Gasteiger partial charge < -0.3 is 9.47 Å². The summed E-state index contributed by atoms with van der Waals surface area (Å²) >= 11 is 0. The lowest BCUT2D eigenvalue weighted by molar-refractivity contribution is -0.202. The second-order valence-electron chi connectivity index (χ2n) is 4.88. The lowest BCUT2D eigenvalue weighted by Crippen LogP contribution is -2.25. The number of rotatable bonds is 2. The highest BCUT2D eigenvalue weighted by Gasteiger charge is 2.25. The van der Waals surface area contributed by atoms with Gasteiger partial charge in [-0.15, -0.1) is 0 Å². The van der Waals surface area contributed by atoms with Crippen LogP contribution in [0.5, 0.6) is 0 Å². The summed E-state index contributed by atoms with van der Waals surface area (Å²) in [6.07, 6.45) is -5.41. The third kappa shape index (κ3) is 4.25. The van der Waals surface area contributed by atoms with Gasteiger partial charge in [0.15, 0.2) is 6.29 Å². The molecule has 1 aliphatic rings. The molecule has 1 fully saturated rings. The molecule has 1 aromatic rings. The molecule has 0 N–H and O–H groups in total. The zero-order valence-electron chi connectivity index (χ0n) is 11.1. The first kappa shape index (κ1) is 15.9. The van der Waals surface area contributed by atoms with E-state index >= 15 is 0 Å². The molecule has 0 saturated carbocycles. The van der Waals surface area contributed by atoms with E-state index < -0.39 is 29.7 Å². The number of hydrogen-bond donors (Lipinski definition) is 0. The van der Waals surface area contributed by atoms with Crippen LogP contribution in [0.2, 0.25) is 0 Å². The van der Waals surface area contributed by atoms with Gasteiger partial charge in [-0.1, -0.05) is 6.92 Å². The maximum absolute atomic E-state index is 13.7. The minimum atomic E-state index is -4.64. The Labute approximate surface area is 118 Å². The van der Waals surface area contributed by atoms with E-state index in [4.69, 9.17) is 9.47 Å². The molecule has 1 aliphatic heterocycles. The maximum Gasteiger partial charge on any atom is 0.409 e. The van der Waals surface area contributed by atoms with Crippen LogP contribution in [0.15, 0.2) is 18.2 Å². The predicted molar refractivity (Wildman–Crippen MR) is 65.3 cm³/mol. The topological polar surface area (TPSA) is 18.5 Å². The number of alkyl halides is 3. The molecule has 0 spiro atoms. The van der Waals surface area contributed by atoms with Crippen molar-refractivity contribution in [2.24, 2.45) is 5.92 Å². The van der Waals surface area contributed by atoms with E-state index in [1.165, 1.54) is 0 Å². The van der Waals surface area contributed by atoms with Crippen molar-refractivity contribution in [2.75, 3.05) is 13.2 Å². The monoisotopic (exact) mass is 308 g/mol. The molecule has 116 valence electrons. The summed E-state index contributed by atoms with van der Waals surface area (Å²) in [6, 6.07) is 1.83. The highest BCUT2D eigenvalue weighted by molar-refractivity contribution is 5.52. The molecule has 21 heavy (non-hydrogen) atoms. The van der Waals surface area contributed by atoms with Gasteiger partial charge in [0.25, 0.3) is 0 Å². The average molecular weight is 308 g/mol. The van der Waals surface area contributed by atoms with Crippen molar-refractivity contribution in [3.63, 3.8) is 0 Å². The van der Waals surface area contributed by atoms with Crippen LogP contribution in [-0.4, -0.2) is 19.4 Å². The van der Waals surface area contributed by atoms with E-state index in [0.29, 0.717) is 19.3 Å². The highest BCUT2D eigenvalue weighted by atomic mass is 19.4. The second kappa shape index (κ2) is 6.11. The van der Waals surface area contributed by atoms with Gasteiger partial charge >= 0.3 is 6.18 Å². The molecule has 0 aromatic heterocycles. The van der Waals surface area contributed by atoms with Gasteiger partial charge in [-0.05, 0) is 18.2 Å². The number of allylic oxidation sites excluding steroid dienone is 1. The van der Waals surface area contributed by atoms with Gasteiger partial charge in [0, 0.05) is 23.1 Å². The quantitative estimate of drug-likeness (QED) is 0.762. The van der Waals surface area contributed by atoms with Crippen molar-refractivity contribution < 1.29 is 31.4 Å². The van der Waals surface area contributed by atoms with Crippen LogP contribution >= 0.6 is 0 Å². The molecule has 1 aromatic carbocycles. The van der Waals surface area contributed by atoms with Crippen molar-refractivity contribution in [1.82, 2.24) is 0 Å². The largest absolute Gasteiger partial charge is 0.409 e. The molecule has 0 aliphatic carbocycles. The van der Waals surface area contributed by atoms with E-state index in [2.05, 4.69) is 0 Å². The van der Waals surface area contributed by atoms with Crippen LogP contribution in [0.25, 0.3) is 6.08 Å². The zero-order chi connectivity index (χ0) is 15.6. The minimum Gasteiger partial charge on any atom is -0.348 e. The fourth-order valence-corrected chi connectivity index (χ4v) is 1.87. The Kier molecular flexibility index (Phi) is 4.63. The first-order valence-electron chi connectivity index (χ1n) is 6.24. The summed E-state index contributed by atoms with van der Waals surface area (Å²) in [4.78, 5) is 0. The molecule has 0 amide bonds. The number of hydrogen-bond acceptors (Lipinski definition) is 2. The lowest BCUT2D eigenvalue weighted by Gasteiger charge is -2.27. The van der Waals surface area contributed by atoms with E-state index in [1.807, 2.05) is 6.92 Å². The van der Waals surface area contributed by atoms with Crippen molar-refractivity contribution in [3.05, 3.63) is 41.0 Å². The Morgan fingerprint density at radius 2 is 1.62 bits per heavy atom. The molecule has 0 atom stereocenters. The molecular formula is C14H13F5O2. The maximum atomic E-state index is 13.7. The number of ether oxygens (including phenoxy) is 2. The molecule has 0 radical (unpaired) electrons. The summed E-state index contributed by atoms with van der Waals surface area (Å²) in [7, 11) is 0. The van der Waals surface area contributed by atoms with Crippen molar-refractivity contribution >= 4 is 6.08 Å². The van der Waals surface area contributed by atoms with Crippen LogP contribution in [0.1, 0.15) is 24.3 Å². The van der Waals surface area contributed by atoms with Crippen molar-refractivity contribution in [2.45, 2.75) is 19.4 Å². The zero-order valence-corrected chi connectivity index (χ0v) is 11.1. The smallest absolute Gasteiger partial charge is 0.348 e. The van der Waals surface area contributed by atoms with E-state index in [0.717, 1.165) is 12.1 Å². The van der Waals surface area contributed by atoms with Crippen LogP contribution in [-0.2, 0) is 9.47 Å². The van der Waals surface area contributed by atoms with Gasteiger partial charge in [-0.25, -0.2) is 8.78 Å². The minimum absolute atomic E-state index is 0.0982. The molecule has 2 nitrogen and oxygen atoms in total. The molecule has 0 bridgehead atoms. The first-order chi connectivity index (χ1) is 9.76. The molecule has 0 unspecified atom stereocenters. The third-order valence-electron chi connectivity index (χ3n) is 2.88. The number of benzene rings is 1. The fraction of sp³-hybridized carbons (Fsp3) is 0.429. The fourth-order valence-electron chi connectivity index (χ4n) is 1.87. The summed E-state index contributed by atoms with van der Waals surface area (Å²) in [5.74, 6) is -2.03. The summed E-state index contributed by atoms with van der Waals surface area (Å²) in [5.41, 5.74) is -0.652. The molecule has 1 saturated heterocycles. The normalized spacial score (nSPS) is 23.7. The summed E-state index contributed by atoms with van der Waals surface area (Å²) < 4.78 is 74.2. The van der Waals surface area contributed by atoms with Crippen molar-refractivity contribution in [1.29, 1.82) is 0 Å². The van der Waals surface area contributed by atoms with Gasteiger partial charge in [0.2, 0.25) is 0 Å². The van der Waals surface area contributed by atoms with E-state index in [1.54, 1.807) is 0 Å². The predicted octanol–water partition coefficient (Wildman–Crippen LogP) is 4.22. The lowest BCUT2D eigenvalue weighted by atomic mass is 10.1. The average Bonchev–Trinajstić information content (AvgIpc) is 2.37.